The van der Waals surface area contributed by atoms with Crippen molar-refractivity contribution in [1.29, 1.82) is 0 Å². The summed E-state index contributed by atoms with van der Waals surface area (Å²) in [6, 6.07) is 12.6. The zero-order valence-electron chi connectivity index (χ0n) is 12.9. The number of benzene rings is 2. The maximum atomic E-state index is 13.1. The lowest BCUT2D eigenvalue weighted by atomic mass is 9.94. The molecule has 1 aliphatic carbocycles. The van der Waals surface area contributed by atoms with Crippen molar-refractivity contribution >= 4 is 44.2 Å². The van der Waals surface area contributed by atoms with Gasteiger partial charge in [0.15, 0.2) is 5.78 Å². The van der Waals surface area contributed by atoms with Crippen LogP contribution in [0.3, 0.4) is 0 Å². The lowest BCUT2D eigenvalue weighted by Crippen LogP contribution is -2.21. The van der Waals surface area contributed by atoms with Crippen LogP contribution in [-0.4, -0.2) is 16.3 Å². The number of carbonyl (C=O) groups excluding carboxylic acids is 2. The molecule has 0 atom stereocenters. The Hall–Kier alpha value is -2.40. The lowest BCUT2D eigenvalue weighted by Gasteiger charge is -2.14. The molecule has 1 aromatic heterocycles. The fraction of sp³-hybridized carbons (Fsp3) is 0.158. The lowest BCUT2D eigenvalue weighted by molar-refractivity contribution is 0.0913. The summed E-state index contributed by atoms with van der Waals surface area (Å²) in [6.07, 6.45) is 2.11. The van der Waals surface area contributed by atoms with Gasteiger partial charge in [0, 0.05) is 27.5 Å². The quantitative estimate of drug-likeness (QED) is 0.641. The first kappa shape index (κ1) is 15.1. The molecule has 3 aromatic rings. The molecule has 0 unspecified atom stereocenters. The predicted octanol–water partition coefficient (Wildman–Crippen LogP) is 4.19. The van der Waals surface area contributed by atoms with Crippen LogP contribution in [0.2, 0.25) is 0 Å². The average Bonchev–Trinajstić information content (AvgIpc) is 2.89. The van der Waals surface area contributed by atoms with E-state index in [0.29, 0.717) is 23.4 Å². The minimum atomic E-state index is -0.217. The fourth-order valence-electron chi connectivity index (χ4n) is 3.43. The van der Waals surface area contributed by atoms with Gasteiger partial charge in [0.25, 0.3) is 5.91 Å². The second-order valence-electron chi connectivity index (χ2n) is 6.03. The second kappa shape index (κ2) is 5.60. The third-order valence-electron chi connectivity index (χ3n) is 4.47. The zero-order valence-corrected chi connectivity index (χ0v) is 14.5. The summed E-state index contributed by atoms with van der Waals surface area (Å²) in [5.74, 6) is -0.188. The molecular formula is C19H15BrN2O2. The summed E-state index contributed by atoms with van der Waals surface area (Å²) in [6.45, 7) is 0. The van der Waals surface area contributed by atoms with Crippen LogP contribution < -0.4 is 5.73 Å². The van der Waals surface area contributed by atoms with Gasteiger partial charge < -0.3 is 5.73 Å². The Morgan fingerprint density at radius 3 is 2.75 bits per heavy atom. The number of Topliss-reactive ketones (excluding diaryl/α,β-unsaturated/α-hetero) is 1. The average molecular weight is 383 g/mol. The van der Waals surface area contributed by atoms with Gasteiger partial charge in [-0.1, -0.05) is 22.0 Å². The van der Waals surface area contributed by atoms with Gasteiger partial charge >= 0.3 is 0 Å². The number of nitrogens with two attached hydrogens (primary N) is 1. The van der Waals surface area contributed by atoms with Crippen LogP contribution in [0.4, 0.5) is 5.69 Å². The molecule has 4 nitrogen and oxygen atoms in total. The van der Waals surface area contributed by atoms with E-state index in [9.17, 15) is 9.59 Å². The minimum Gasteiger partial charge on any atom is -0.399 e. The molecule has 0 spiro atoms. The first-order valence-electron chi connectivity index (χ1n) is 7.82. The molecule has 5 heteroatoms. The molecule has 2 N–H and O–H groups in total. The van der Waals surface area contributed by atoms with Gasteiger partial charge in [-0.2, -0.15) is 0 Å². The monoisotopic (exact) mass is 382 g/mol. The number of aromatic nitrogens is 1. The standard InChI is InChI=1S/C19H15BrN2O2/c20-12-7-8-16-15(10-12)14-5-2-6-17(23)18(14)22(16)19(24)11-3-1-4-13(21)9-11/h1,3-4,7-10H,2,5-6,21H2. The normalized spacial score (nSPS) is 14.0. The molecule has 0 radical (unpaired) electrons. The highest BCUT2D eigenvalue weighted by Crippen LogP contribution is 2.34. The van der Waals surface area contributed by atoms with Gasteiger partial charge in [0.05, 0.1) is 11.2 Å². The molecule has 0 fully saturated rings. The Morgan fingerprint density at radius 2 is 1.96 bits per heavy atom. The van der Waals surface area contributed by atoms with Gasteiger partial charge in [-0.05, 0) is 54.8 Å². The van der Waals surface area contributed by atoms with Gasteiger partial charge in [0.1, 0.15) is 0 Å². The van der Waals surface area contributed by atoms with Crippen LogP contribution in [0, 0.1) is 0 Å². The van der Waals surface area contributed by atoms with E-state index in [0.717, 1.165) is 33.8 Å². The van der Waals surface area contributed by atoms with Crippen LogP contribution in [0.5, 0.6) is 0 Å². The number of fused-ring (bicyclic) bond motifs is 3. The molecule has 0 saturated heterocycles. The summed E-state index contributed by atoms with van der Waals surface area (Å²) in [5, 5.41) is 0.963. The molecule has 1 heterocycles. The van der Waals surface area contributed by atoms with Gasteiger partial charge in [-0.25, -0.2) is 0 Å². The Bertz CT molecular complexity index is 1000. The third-order valence-corrected chi connectivity index (χ3v) is 4.96. The molecule has 24 heavy (non-hydrogen) atoms. The minimum absolute atomic E-state index is 0.0285. The van der Waals surface area contributed by atoms with Crippen molar-refractivity contribution in [3.8, 4) is 0 Å². The van der Waals surface area contributed by atoms with Crippen LogP contribution in [0.15, 0.2) is 46.9 Å². The number of anilines is 1. The van der Waals surface area contributed by atoms with Gasteiger partial charge in [-0.3, -0.25) is 14.2 Å². The third kappa shape index (κ3) is 2.27. The molecule has 0 bridgehead atoms. The van der Waals surface area contributed by atoms with E-state index in [1.165, 1.54) is 0 Å². The number of ketones is 1. The number of nitrogen functional groups attached to an aromatic ring is 1. The Balaban J connectivity index is 2.03. The molecule has 0 aliphatic heterocycles. The number of aryl methyl sites for hydroxylation is 1. The zero-order chi connectivity index (χ0) is 16.8. The van der Waals surface area contributed by atoms with Crippen molar-refractivity contribution in [3.05, 3.63) is 63.8 Å². The van der Waals surface area contributed by atoms with Crippen molar-refractivity contribution in [2.75, 3.05) is 5.73 Å². The van der Waals surface area contributed by atoms with Gasteiger partial charge in [-0.15, -0.1) is 0 Å². The highest BCUT2D eigenvalue weighted by molar-refractivity contribution is 9.10. The van der Waals surface area contributed by atoms with E-state index in [-0.39, 0.29) is 11.7 Å². The van der Waals surface area contributed by atoms with Crippen LogP contribution in [0.1, 0.15) is 39.3 Å². The molecular weight excluding hydrogens is 368 g/mol. The topological polar surface area (TPSA) is 65.1 Å². The summed E-state index contributed by atoms with van der Waals surface area (Å²) >= 11 is 3.48. The molecule has 4 rings (SSSR count). The Kier molecular flexibility index (Phi) is 3.53. The largest absolute Gasteiger partial charge is 0.399 e. The predicted molar refractivity (Wildman–Crippen MR) is 97.5 cm³/mol. The first-order valence-corrected chi connectivity index (χ1v) is 8.62. The number of carbonyl (C=O) groups is 2. The van der Waals surface area contributed by atoms with Crippen molar-refractivity contribution in [3.63, 3.8) is 0 Å². The number of hydrogen-bond donors (Lipinski definition) is 1. The molecule has 0 amide bonds. The number of nitrogens with zero attached hydrogens (tertiary/aromatic N) is 1. The summed E-state index contributed by atoms with van der Waals surface area (Å²) in [5.41, 5.74) is 9.09. The van der Waals surface area contributed by atoms with Crippen molar-refractivity contribution in [2.45, 2.75) is 19.3 Å². The van der Waals surface area contributed by atoms with E-state index in [4.69, 9.17) is 5.73 Å². The van der Waals surface area contributed by atoms with E-state index >= 15 is 0 Å². The highest BCUT2D eigenvalue weighted by Gasteiger charge is 2.29. The van der Waals surface area contributed by atoms with E-state index in [1.54, 1.807) is 28.8 Å². The summed E-state index contributed by atoms with van der Waals surface area (Å²) in [7, 11) is 0. The summed E-state index contributed by atoms with van der Waals surface area (Å²) in [4.78, 5) is 25.7. The van der Waals surface area contributed by atoms with Crippen molar-refractivity contribution in [2.24, 2.45) is 0 Å². The van der Waals surface area contributed by atoms with E-state index in [1.807, 2.05) is 18.2 Å². The summed E-state index contributed by atoms with van der Waals surface area (Å²) < 4.78 is 2.50. The van der Waals surface area contributed by atoms with Crippen molar-refractivity contribution < 1.29 is 9.59 Å². The molecule has 1 aliphatic rings. The number of hydrogen-bond acceptors (Lipinski definition) is 3. The molecule has 2 aromatic carbocycles. The number of rotatable bonds is 1. The Labute approximate surface area is 147 Å². The Morgan fingerprint density at radius 1 is 1.12 bits per heavy atom. The maximum absolute atomic E-state index is 13.1. The highest BCUT2D eigenvalue weighted by atomic mass is 79.9. The molecule has 120 valence electrons. The second-order valence-corrected chi connectivity index (χ2v) is 6.95. The van der Waals surface area contributed by atoms with Gasteiger partial charge in [0.2, 0.25) is 0 Å². The van der Waals surface area contributed by atoms with Crippen LogP contribution >= 0.6 is 15.9 Å². The SMILES string of the molecule is Nc1cccc(C(=O)n2c3c(c4cc(Br)ccc42)CCCC3=O)c1. The van der Waals surface area contributed by atoms with Crippen LogP contribution in [-0.2, 0) is 6.42 Å². The fourth-order valence-corrected chi connectivity index (χ4v) is 3.79. The van der Waals surface area contributed by atoms with E-state index < -0.39 is 0 Å². The maximum Gasteiger partial charge on any atom is 0.263 e. The molecule has 0 saturated carbocycles. The van der Waals surface area contributed by atoms with Crippen LogP contribution in [0.25, 0.3) is 10.9 Å². The van der Waals surface area contributed by atoms with Crippen molar-refractivity contribution in [1.82, 2.24) is 4.57 Å². The first-order chi connectivity index (χ1) is 11.6. The van der Waals surface area contributed by atoms with E-state index in [2.05, 4.69) is 15.9 Å². The number of halogens is 1. The smallest absolute Gasteiger partial charge is 0.263 e.